The molecule has 1 aromatic rings. The Labute approximate surface area is 121 Å². The van der Waals surface area contributed by atoms with Crippen LogP contribution in [0.4, 0.5) is 8.78 Å². The van der Waals surface area contributed by atoms with Gasteiger partial charge in [0, 0.05) is 23.8 Å². The van der Waals surface area contributed by atoms with Crippen LogP contribution in [-0.4, -0.2) is 11.7 Å². The number of ketones is 1. The van der Waals surface area contributed by atoms with Gasteiger partial charge >= 0.3 is 0 Å². The Morgan fingerprint density at radius 3 is 2.60 bits per heavy atom. The Morgan fingerprint density at radius 1 is 1.40 bits per heavy atom. The number of carbonyl (C=O) groups is 1. The van der Waals surface area contributed by atoms with Crippen LogP contribution >= 0.6 is 11.6 Å². The number of nitrogens with zero attached hydrogens (tertiary/aromatic N) is 1. The molecule has 0 radical (unpaired) electrons. The van der Waals surface area contributed by atoms with Gasteiger partial charge in [-0.25, -0.2) is 8.78 Å². The summed E-state index contributed by atoms with van der Waals surface area (Å²) in [6.07, 6.45) is -0.274. The van der Waals surface area contributed by atoms with Crippen molar-refractivity contribution in [3.63, 3.8) is 0 Å². The third kappa shape index (κ3) is 3.34. The average molecular weight is 298 g/mol. The number of rotatable bonds is 3. The standard InChI is InChI=1S/C15H14ClF2NO/c16-12-3-1-2-11(8-12)13(9-19)14(20)10-4-6-15(17,18)7-5-10/h1-3,8,10,13H,4-7H2. The molecular weight excluding hydrogens is 284 g/mol. The first-order chi connectivity index (χ1) is 9.43. The van der Waals surface area contributed by atoms with Gasteiger partial charge in [-0.15, -0.1) is 0 Å². The lowest BCUT2D eigenvalue weighted by atomic mass is 9.79. The van der Waals surface area contributed by atoms with Gasteiger partial charge in [0.15, 0.2) is 5.78 Å². The van der Waals surface area contributed by atoms with Crippen molar-refractivity contribution in [3.8, 4) is 6.07 Å². The largest absolute Gasteiger partial charge is 0.298 e. The van der Waals surface area contributed by atoms with Crippen LogP contribution in [-0.2, 0) is 4.79 Å². The molecule has 0 N–H and O–H groups in total. The van der Waals surface area contributed by atoms with Crippen LogP contribution in [0.2, 0.25) is 5.02 Å². The zero-order valence-electron chi connectivity index (χ0n) is 10.8. The van der Waals surface area contributed by atoms with Crippen molar-refractivity contribution in [2.24, 2.45) is 5.92 Å². The van der Waals surface area contributed by atoms with Crippen LogP contribution < -0.4 is 0 Å². The summed E-state index contributed by atoms with van der Waals surface area (Å²) in [5.41, 5.74) is 0.530. The molecule has 1 aliphatic rings. The third-order valence-corrected chi connectivity index (χ3v) is 3.95. The lowest BCUT2D eigenvalue weighted by Gasteiger charge is -2.28. The van der Waals surface area contributed by atoms with Crippen molar-refractivity contribution in [1.29, 1.82) is 5.26 Å². The highest BCUT2D eigenvalue weighted by molar-refractivity contribution is 6.30. The van der Waals surface area contributed by atoms with E-state index < -0.39 is 17.8 Å². The number of halogens is 3. The van der Waals surface area contributed by atoms with E-state index in [1.54, 1.807) is 24.3 Å². The predicted octanol–water partition coefficient (Wildman–Crippen LogP) is 4.34. The first-order valence-electron chi connectivity index (χ1n) is 6.49. The Bertz CT molecular complexity index is 543. The molecule has 0 aromatic heterocycles. The molecule has 1 aliphatic carbocycles. The van der Waals surface area contributed by atoms with Crippen molar-refractivity contribution in [1.82, 2.24) is 0 Å². The molecule has 1 fully saturated rings. The van der Waals surface area contributed by atoms with E-state index in [1.807, 2.05) is 6.07 Å². The van der Waals surface area contributed by atoms with Gasteiger partial charge in [0.1, 0.15) is 5.92 Å². The van der Waals surface area contributed by atoms with Gasteiger partial charge in [-0.05, 0) is 30.5 Å². The molecule has 0 aliphatic heterocycles. The first kappa shape index (κ1) is 14.9. The van der Waals surface area contributed by atoms with E-state index >= 15 is 0 Å². The summed E-state index contributed by atoms with van der Waals surface area (Å²) < 4.78 is 26.2. The summed E-state index contributed by atoms with van der Waals surface area (Å²) in [4.78, 5) is 12.3. The van der Waals surface area contributed by atoms with Gasteiger partial charge in [-0.1, -0.05) is 23.7 Å². The second kappa shape index (κ2) is 5.88. The summed E-state index contributed by atoms with van der Waals surface area (Å²) in [6.45, 7) is 0. The van der Waals surface area contributed by atoms with E-state index in [1.165, 1.54) is 0 Å². The van der Waals surface area contributed by atoms with E-state index in [9.17, 15) is 18.8 Å². The number of hydrogen-bond donors (Lipinski definition) is 0. The number of alkyl halides is 2. The van der Waals surface area contributed by atoms with Crippen LogP contribution in [0, 0.1) is 17.2 Å². The molecule has 2 nitrogen and oxygen atoms in total. The zero-order chi connectivity index (χ0) is 14.8. The lowest BCUT2D eigenvalue weighted by Crippen LogP contribution is -2.31. The molecule has 0 amide bonds. The minimum absolute atomic E-state index is 0.143. The van der Waals surface area contributed by atoms with Gasteiger partial charge in [0.25, 0.3) is 0 Å². The van der Waals surface area contributed by atoms with Crippen molar-refractivity contribution in [2.75, 3.05) is 0 Å². The number of carbonyl (C=O) groups excluding carboxylic acids is 1. The number of Topliss-reactive ketones (excluding diaryl/α,β-unsaturated/α-hetero) is 1. The maximum atomic E-state index is 13.1. The Kier molecular flexibility index (Phi) is 4.39. The number of hydrogen-bond acceptors (Lipinski definition) is 2. The molecular formula is C15H14ClF2NO. The highest BCUT2D eigenvalue weighted by Crippen LogP contribution is 2.38. The fourth-order valence-electron chi connectivity index (χ4n) is 2.55. The van der Waals surface area contributed by atoms with Gasteiger partial charge in [0.2, 0.25) is 5.92 Å². The molecule has 20 heavy (non-hydrogen) atoms. The molecule has 0 heterocycles. The molecule has 2 rings (SSSR count). The van der Waals surface area contributed by atoms with Crippen molar-refractivity contribution < 1.29 is 13.6 Å². The topological polar surface area (TPSA) is 40.9 Å². The van der Waals surface area contributed by atoms with Crippen molar-refractivity contribution in [2.45, 2.75) is 37.5 Å². The molecule has 0 spiro atoms. The van der Waals surface area contributed by atoms with Gasteiger partial charge in [0.05, 0.1) is 6.07 Å². The second-order valence-electron chi connectivity index (χ2n) is 5.15. The summed E-state index contributed by atoms with van der Waals surface area (Å²) >= 11 is 5.85. The van der Waals surface area contributed by atoms with Crippen LogP contribution in [0.5, 0.6) is 0 Å². The zero-order valence-corrected chi connectivity index (χ0v) is 11.5. The Morgan fingerprint density at radius 2 is 2.05 bits per heavy atom. The van der Waals surface area contributed by atoms with Crippen LogP contribution in [0.1, 0.15) is 37.2 Å². The van der Waals surface area contributed by atoms with Crippen molar-refractivity contribution >= 4 is 17.4 Å². The van der Waals surface area contributed by atoms with E-state index in [2.05, 4.69) is 0 Å². The maximum Gasteiger partial charge on any atom is 0.248 e. The van der Waals surface area contributed by atoms with Crippen LogP contribution in [0.3, 0.4) is 0 Å². The highest BCUT2D eigenvalue weighted by atomic mass is 35.5. The molecule has 1 atom stereocenters. The van der Waals surface area contributed by atoms with E-state index in [-0.39, 0.29) is 31.5 Å². The summed E-state index contributed by atoms with van der Waals surface area (Å²) in [7, 11) is 0. The molecule has 0 bridgehead atoms. The molecule has 1 saturated carbocycles. The molecule has 1 aromatic carbocycles. The monoisotopic (exact) mass is 297 g/mol. The smallest absolute Gasteiger partial charge is 0.248 e. The number of benzene rings is 1. The van der Waals surface area contributed by atoms with Crippen molar-refractivity contribution in [3.05, 3.63) is 34.9 Å². The molecule has 1 unspecified atom stereocenters. The van der Waals surface area contributed by atoms with E-state index in [0.717, 1.165) is 0 Å². The quantitative estimate of drug-likeness (QED) is 0.832. The van der Waals surface area contributed by atoms with Gasteiger partial charge in [-0.3, -0.25) is 4.79 Å². The second-order valence-corrected chi connectivity index (χ2v) is 5.59. The summed E-state index contributed by atoms with van der Waals surface area (Å²) in [5.74, 6) is -4.33. The minimum atomic E-state index is -2.67. The highest BCUT2D eigenvalue weighted by Gasteiger charge is 2.39. The summed E-state index contributed by atoms with van der Waals surface area (Å²) in [5, 5.41) is 9.66. The van der Waals surface area contributed by atoms with E-state index in [4.69, 9.17) is 11.6 Å². The molecule has 106 valence electrons. The third-order valence-electron chi connectivity index (χ3n) is 3.72. The Balaban J connectivity index is 2.13. The lowest BCUT2D eigenvalue weighted by molar-refractivity contribution is -0.127. The van der Waals surface area contributed by atoms with Gasteiger partial charge < -0.3 is 0 Å². The fourth-order valence-corrected chi connectivity index (χ4v) is 2.75. The molecule has 0 saturated heterocycles. The normalized spacial score (nSPS) is 20.1. The number of nitriles is 1. The minimum Gasteiger partial charge on any atom is -0.298 e. The maximum absolute atomic E-state index is 13.1. The SMILES string of the molecule is N#CC(C(=O)C1CCC(F)(F)CC1)c1cccc(Cl)c1. The average Bonchev–Trinajstić information content (AvgIpc) is 2.39. The molecule has 5 heteroatoms. The predicted molar refractivity (Wildman–Crippen MR) is 71.7 cm³/mol. The van der Waals surface area contributed by atoms with Crippen LogP contribution in [0.15, 0.2) is 24.3 Å². The Hall–Kier alpha value is -1.47. The van der Waals surface area contributed by atoms with Gasteiger partial charge in [-0.2, -0.15) is 5.26 Å². The first-order valence-corrected chi connectivity index (χ1v) is 6.87. The van der Waals surface area contributed by atoms with Crippen LogP contribution in [0.25, 0.3) is 0 Å². The summed E-state index contributed by atoms with van der Waals surface area (Å²) in [6, 6.07) is 8.53. The van der Waals surface area contributed by atoms with E-state index in [0.29, 0.717) is 10.6 Å². The fraction of sp³-hybridized carbons (Fsp3) is 0.467.